The van der Waals surface area contributed by atoms with Gasteiger partial charge in [0.05, 0.1) is 18.5 Å². The number of carbonyl (C=O) groups excluding carboxylic acids is 1. The van der Waals surface area contributed by atoms with Crippen LogP contribution >= 0.6 is 9.24 Å². The molecule has 1 aliphatic rings. The molecule has 190 valence electrons. The van der Waals surface area contributed by atoms with Gasteiger partial charge < -0.3 is 15.8 Å². The summed E-state index contributed by atoms with van der Waals surface area (Å²) in [4.78, 5) is 21.5. The van der Waals surface area contributed by atoms with E-state index >= 15 is 0 Å². The number of halogens is 2. The molecule has 3 aromatic rings. The second kappa shape index (κ2) is 11.1. The van der Waals surface area contributed by atoms with Crippen molar-refractivity contribution in [1.29, 1.82) is 0 Å². The number of hydrogen-bond donors (Lipinski definition) is 2. The highest BCUT2D eigenvalue weighted by Gasteiger charge is 2.32. The van der Waals surface area contributed by atoms with Gasteiger partial charge in [0.1, 0.15) is 23.0 Å². The highest BCUT2D eigenvalue weighted by Crippen LogP contribution is 2.41. The Balaban J connectivity index is 1.63. The fourth-order valence-corrected chi connectivity index (χ4v) is 5.45. The van der Waals surface area contributed by atoms with Crippen LogP contribution in [0.4, 0.5) is 14.5 Å². The van der Waals surface area contributed by atoms with Gasteiger partial charge in [-0.1, -0.05) is 13.8 Å². The number of rotatable bonds is 6. The molecular formula is C27H31F2N4O2P. The lowest BCUT2D eigenvalue weighted by molar-refractivity contribution is 0.102. The van der Waals surface area contributed by atoms with Crippen molar-refractivity contribution in [2.24, 2.45) is 17.6 Å². The van der Waals surface area contributed by atoms with E-state index in [0.29, 0.717) is 28.4 Å². The van der Waals surface area contributed by atoms with E-state index in [9.17, 15) is 13.6 Å². The molecule has 4 rings (SSSR count). The van der Waals surface area contributed by atoms with Crippen molar-refractivity contribution >= 4 is 26.1 Å². The minimum absolute atomic E-state index is 0.0200. The molecule has 9 heteroatoms. The van der Waals surface area contributed by atoms with E-state index < -0.39 is 17.5 Å². The molecule has 1 amide bonds. The molecule has 0 bridgehead atoms. The molecule has 36 heavy (non-hydrogen) atoms. The number of benzene rings is 1. The van der Waals surface area contributed by atoms with E-state index in [2.05, 4.69) is 38.4 Å². The maximum atomic E-state index is 14.9. The number of ether oxygens (including phenoxy) is 1. The number of nitrogens with zero attached hydrogens (tertiary/aromatic N) is 2. The fourth-order valence-electron chi connectivity index (χ4n) is 4.96. The van der Waals surface area contributed by atoms with E-state index in [0.717, 1.165) is 24.5 Å². The SMILES string of the molecule is COCc1cc(F)c(-c2nc(C(=O)Nc3cnccc3[C@H]3C[C@@H](N)[C@@H](C)[C@@H](C)C3)ccc2F)c(P)c1. The van der Waals surface area contributed by atoms with Crippen LogP contribution in [0.25, 0.3) is 11.3 Å². The zero-order valence-electron chi connectivity index (χ0n) is 20.6. The van der Waals surface area contributed by atoms with E-state index in [1.165, 1.54) is 19.2 Å². The molecule has 1 aromatic carbocycles. The van der Waals surface area contributed by atoms with Crippen LogP contribution in [0.1, 0.15) is 54.2 Å². The predicted octanol–water partition coefficient (Wildman–Crippen LogP) is 4.80. The molecule has 3 N–H and O–H groups in total. The maximum absolute atomic E-state index is 14.9. The van der Waals surface area contributed by atoms with Crippen LogP contribution in [0, 0.1) is 23.5 Å². The highest BCUT2D eigenvalue weighted by molar-refractivity contribution is 7.28. The van der Waals surface area contributed by atoms with Crippen molar-refractivity contribution in [3.63, 3.8) is 0 Å². The quantitative estimate of drug-likeness (QED) is 0.463. The van der Waals surface area contributed by atoms with Crippen molar-refractivity contribution in [2.75, 3.05) is 12.4 Å². The molecular weight excluding hydrogens is 481 g/mol. The molecule has 1 unspecified atom stereocenters. The Labute approximate surface area is 212 Å². The van der Waals surface area contributed by atoms with Crippen LogP contribution in [0.3, 0.4) is 0 Å². The lowest BCUT2D eigenvalue weighted by Crippen LogP contribution is -2.39. The van der Waals surface area contributed by atoms with Crippen LogP contribution in [0.5, 0.6) is 0 Å². The molecule has 1 saturated carbocycles. The van der Waals surface area contributed by atoms with Crippen molar-refractivity contribution in [3.05, 3.63) is 71.2 Å². The number of methoxy groups -OCH3 is 1. The minimum atomic E-state index is -0.727. The maximum Gasteiger partial charge on any atom is 0.274 e. The van der Waals surface area contributed by atoms with Gasteiger partial charge in [0.15, 0.2) is 0 Å². The van der Waals surface area contributed by atoms with Gasteiger partial charge in [0.25, 0.3) is 5.91 Å². The van der Waals surface area contributed by atoms with Crippen LogP contribution < -0.4 is 16.4 Å². The lowest BCUT2D eigenvalue weighted by atomic mass is 9.71. The Kier molecular flexibility index (Phi) is 8.08. The molecule has 2 aromatic heterocycles. The third-order valence-corrected chi connectivity index (χ3v) is 7.59. The lowest BCUT2D eigenvalue weighted by Gasteiger charge is -2.37. The first-order chi connectivity index (χ1) is 17.2. The van der Waals surface area contributed by atoms with Gasteiger partial charge in [-0.05, 0) is 77.4 Å². The van der Waals surface area contributed by atoms with Crippen LogP contribution in [-0.4, -0.2) is 29.0 Å². The zero-order valence-corrected chi connectivity index (χ0v) is 21.7. The molecule has 0 radical (unpaired) electrons. The summed E-state index contributed by atoms with van der Waals surface area (Å²) in [5.74, 6) is -0.856. The summed E-state index contributed by atoms with van der Waals surface area (Å²) < 4.78 is 34.7. The van der Waals surface area contributed by atoms with Crippen LogP contribution in [-0.2, 0) is 11.3 Å². The number of anilines is 1. The third-order valence-electron chi connectivity index (χ3n) is 7.14. The van der Waals surface area contributed by atoms with Crippen molar-refractivity contribution < 1.29 is 18.3 Å². The van der Waals surface area contributed by atoms with Crippen molar-refractivity contribution in [2.45, 2.75) is 45.3 Å². The van der Waals surface area contributed by atoms with E-state index in [-0.39, 0.29) is 35.5 Å². The minimum Gasteiger partial charge on any atom is -0.380 e. The topological polar surface area (TPSA) is 90.1 Å². The number of amides is 1. The number of hydrogen-bond acceptors (Lipinski definition) is 5. The molecule has 0 saturated heterocycles. The summed E-state index contributed by atoms with van der Waals surface area (Å²) in [5, 5.41) is 3.29. The number of carbonyl (C=O) groups is 1. The average Bonchev–Trinajstić information content (AvgIpc) is 2.83. The summed E-state index contributed by atoms with van der Waals surface area (Å²) in [6, 6.07) is 7.33. The predicted molar refractivity (Wildman–Crippen MR) is 140 cm³/mol. The standard InChI is InChI=1S/C27H31F2N4O2P/c1-14-8-17(11-21(30)15(14)2)18-6-7-31-12-23(18)33-27(34)22-5-4-19(28)26(32-22)25-20(29)9-16(13-35-3)10-24(25)36/h4-7,9-10,12,14-15,17,21H,8,11,13,30,36H2,1-3H3,(H,33,34)/t14-,15-,17+,21+/m0/s1. The van der Waals surface area contributed by atoms with Gasteiger partial charge in [-0.15, -0.1) is 9.24 Å². The Hall–Kier alpha value is -2.80. The Bertz CT molecular complexity index is 1240. The number of nitrogens with two attached hydrogens (primary N) is 1. The normalized spacial score (nSPS) is 21.9. The summed E-state index contributed by atoms with van der Waals surface area (Å²) in [5.41, 5.74) is 8.23. The van der Waals surface area contributed by atoms with Gasteiger partial charge >= 0.3 is 0 Å². The van der Waals surface area contributed by atoms with Crippen molar-refractivity contribution in [1.82, 2.24) is 9.97 Å². The molecule has 0 aliphatic heterocycles. The first-order valence-corrected chi connectivity index (χ1v) is 12.5. The molecule has 1 aliphatic carbocycles. The van der Waals surface area contributed by atoms with Crippen LogP contribution in [0.15, 0.2) is 42.7 Å². The van der Waals surface area contributed by atoms with Gasteiger partial charge in [0.2, 0.25) is 0 Å². The molecule has 5 atom stereocenters. The molecule has 6 nitrogen and oxygen atoms in total. The summed E-state index contributed by atoms with van der Waals surface area (Å²) in [7, 11) is 3.90. The monoisotopic (exact) mass is 512 g/mol. The number of nitrogens with one attached hydrogen (secondary N) is 1. The Morgan fingerprint density at radius 2 is 1.97 bits per heavy atom. The van der Waals surface area contributed by atoms with Gasteiger partial charge in [-0.3, -0.25) is 9.78 Å². The van der Waals surface area contributed by atoms with E-state index in [4.69, 9.17) is 10.5 Å². The van der Waals surface area contributed by atoms with Crippen LogP contribution in [0.2, 0.25) is 0 Å². The summed E-state index contributed by atoms with van der Waals surface area (Å²) in [6.45, 7) is 4.59. The van der Waals surface area contributed by atoms with Gasteiger partial charge in [-0.25, -0.2) is 13.8 Å². The molecule has 1 fully saturated rings. The largest absolute Gasteiger partial charge is 0.380 e. The van der Waals surface area contributed by atoms with E-state index in [1.807, 2.05) is 6.07 Å². The molecule has 0 spiro atoms. The summed E-state index contributed by atoms with van der Waals surface area (Å²) in [6.07, 6.45) is 5.06. The first-order valence-electron chi connectivity index (χ1n) is 11.9. The van der Waals surface area contributed by atoms with Gasteiger partial charge in [-0.2, -0.15) is 0 Å². The number of pyridine rings is 2. The van der Waals surface area contributed by atoms with E-state index in [1.54, 1.807) is 18.5 Å². The second-order valence-electron chi connectivity index (χ2n) is 9.59. The zero-order chi connectivity index (χ0) is 26.0. The Morgan fingerprint density at radius 3 is 2.67 bits per heavy atom. The fraction of sp³-hybridized carbons (Fsp3) is 0.370. The first kappa shape index (κ1) is 26.3. The molecule has 2 heterocycles. The van der Waals surface area contributed by atoms with Crippen molar-refractivity contribution in [3.8, 4) is 11.3 Å². The Morgan fingerprint density at radius 1 is 1.19 bits per heavy atom. The van der Waals surface area contributed by atoms with Gasteiger partial charge in [0, 0.05) is 24.9 Å². The summed E-state index contributed by atoms with van der Waals surface area (Å²) >= 11 is 0. The second-order valence-corrected chi connectivity index (χ2v) is 10.2. The third kappa shape index (κ3) is 5.46. The smallest absolute Gasteiger partial charge is 0.274 e. The number of aromatic nitrogens is 2. The highest BCUT2D eigenvalue weighted by atomic mass is 31.0. The average molecular weight is 513 g/mol.